The highest BCUT2D eigenvalue weighted by Crippen LogP contribution is 2.19. The molecule has 6 nitrogen and oxygen atoms in total. The number of ether oxygens (including phenoxy) is 1. The third kappa shape index (κ3) is 3.89. The van der Waals surface area contributed by atoms with Gasteiger partial charge < -0.3 is 10.5 Å². The molecule has 102 valence electrons. The number of nitrogens with two attached hydrogens (primary N) is 1. The zero-order chi connectivity index (χ0) is 12.9. The minimum atomic E-state index is -3.35. The van der Waals surface area contributed by atoms with Crippen LogP contribution in [-0.4, -0.2) is 64.0 Å². The van der Waals surface area contributed by atoms with E-state index in [9.17, 15) is 8.42 Å². The van der Waals surface area contributed by atoms with Gasteiger partial charge in [-0.15, -0.1) is 0 Å². The Morgan fingerprint density at radius 2 is 2.24 bits per heavy atom. The normalized spacial score (nSPS) is 23.2. The van der Waals surface area contributed by atoms with Gasteiger partial charge in [-0.3, -0.25) is 0 Å². The van der Waals surface area contributed by atoms with Crippen LogP contribution in [0.4, 0.5) is 0 Å². The van der Waals surface area contributed by atoms with Gasteiger partial charge >= 0.3 is 0 Å². The molecule has 1 atom stereocenters. The highest BCUT2D eigenvalue weighted by atomic mass is 32.2. The number of nitrogens with zero attached hydrogens (tertiary/aromatic N) is 2. The van der Waals surface area contributed by atoms with E-state index in [1.807, 2.05) is 0 Å². The third-order valence-corrected chi connectivity index (χ3v) is 5.10. The average molecular weight is 265 g/mol. The molecule has 1 unspecified atom stereocenters. The number of rotatable bonds is 6. The van der Waals surface area contributed by atoms with Crippen LogP contribution in [0.5, 0.6) is 0 Å². The first-order valence-electron chi connectivity index (χ1n) is 5.92. The SMILES string of the molecule is COCCN(C)S(=O)(=O)N1CCCC(CN)C1. The van der Waals surface area contributed by atoms with Crippen LogP contribution in [-0.2, 0) is 14.9 Å². The summed E-state index contributed by atoms with van der Waals surface area (Å²) in [6.45, 7) is 2.46. The predicted octanol–water partition coefficient (Wildman–Crippen LogP) is -0.520. The number of likely N-dealkylation sites (N-methyl/N-ethyl adjacent to an activating group) is 1. The van der Waals surface area contributed by atoms with Crippen LogP contribution < -0.4 is 5.73 Å². The molecule has 1 aliphatic rings. The Kier molecular flexibility index (Phi) is 5.81. The summed E-state index contributed by atoms with van der Waals surface area (Å²) in [4.78, 5) is 0. The first-order chi connectivity index (χ1) is 8.02. The molecule has 7 heteroatoms. The molecular weight excluding hydrogens is 242 g/mol. The third-order valence-electron chi connectivity index (χ3n) is 3.15. The van der Waals surface area contributed by atoms with Gasteiger partial charge in [0.15, 0.2) is 0 Å². The Morgan fingerprint density at radius 3 is 2.82 bits per heavy atom. The van der Waals surface area contributed by atoms with Gasteiger partial charge in [0, 0.05) is 33.8 Å². The Morgan fingerprint density at radius 1 is 1.53 bits per heavy atom. The average Bonchev–Trinajstić information content (AvgIpc) is 2.35. The van der Waals surface area contributed by atoms with Crippen LogP contribution in [0.1, 0.15) is 12.8 Å². The lowest BCUT2D eigenvalue weighted by Crippen LogP contribution is -2.48. The first-order valence-corrected chi connectivity index (χ1v) is 7.32. The maximum Gasteiger partial charge on any atom is 0.281 e. The van der Waals surface area contributed by atoms with Crippen molar-refractivity contribution in [3.8, 4) is 0 Å². The summed E-state index contributed by atoms with van der Waals surface area (Å²) < 4.78 is 32.2. The van der Waals surface area contributed by atoms with Crippen LogP contribution in [0, 0.1) is 5.92 Å². The Labute approximate surface area is 104 Å². The van der Waals surface area contributed by atoms with Gasteiger partial charge in [-0.05, 0) is 25.3 Å². The van der Waals surface area contributed by atoms with Crippen LogP contribution in [0.15, 0.2) is 0 Å². The maximum absolute atomic E-state index is 12.2. The van der Waals surface area contributed by atoms with Crippen molar-refractivity contribution in [1.29, 1.82) is 0 Å². The lowest BCUT2D eigenvalue weighted by atomic mass is 10.0. The number of piperidine rings is 1. The molecule has 1 rings (SSSR count). The fraction of sp³-hybridized carbons (Fsp3) is 1.00. The van der Waals surface area contributed by atoms with Crippen molar-refractivity contribution in [2.24, 2.45) is 11.7 Å². The van der Waals surface area contributed by atoms with Crippen LogP contribution in [0.25, 0.3) is 0 Å². The van der Waals surface area contributed by atoms with Crippen LogP contribution >= 0.6 is 0 Å². The van der Waals surface area contributed by atoms with Crippen molar-refractivity contribution in [3.05, 3.63) is 0 Å². The van der Waals surface area contributed by atoms with E-state index >= 15 is 0 Å². The van der Waals surface area contributed by atoms with Crippen LogP contribution in [0.3, 0.4) is 0 Å². The largest absolute Gasteiger partial charge is 0.383 e. The van der Waals surface area contributed by atoms with Gasteiger partial charge in [0.2, 0.25) is 0 Å². The van der Waals surface area contributed by atoms with Gasteiger partial charge in [-0.2, -0.15) is 17.0 Å². The smallest absolute Gasteiger partial charge is 0.281 e. The molecule has 0 saturated carbocycles. The molecule has 0 aromatic rings. The van der Waals surface area contributed by atoms with Gasteiger partial charge in [0.1, 0.15) is 0 Å². The zero-order valence-electron chi connectivity index (χ0n) is 10.6. The van der Waals surface area contributed by atoms with E-state index in [0.29, 0.717) is 32.8 Å². The van der Waals surface area contributed by atoms with Gasteiger partial charge in [0.05, 0.1) is 6.61 Å². The van der Waals surface area contributed by atoms with Crippen molar-refractivity contribution in [3.63, 3.8) is 0 Å². The van der Waals surface area contributed by atoms with Crippen molar-refractivity contribution >= 4 is 10.2 Å². The molecule has 17 heavy (non-hydrogen) atoms. The monoisotopic (exact) mass is 265 g/mol. The fourth-order valence-electron chi connectivity index (χ4n) is 1.96. The topological polar surface area (TPSA) is 75.9 Å². The number of hydrogen-bond acceptors (Lipinski definition) is 4. The van der Waals surface area contributed by atoms with E-state index in [1.54, 1.807) is 14.2 Å². The minimum Gasteiger partial charge on any atom is -0.383 e. The molecule has 1 saturated heterocycles. The molecule has 0 amide bonds. The van der Waals surface area contributed by atoms with Crippen molar-refractivity contribution in [2.45, 2.75) is 12.8 Å². The van der Waals surface area contributed by atoms with Gasteiger partial charge in [-0.1, -0.05) is 0 Å². The van der Waals surface area contributed by atoms with Crippen molar-refractivity contribution in [1.82, 2.24) is 8.61 Å². The molecule has 0 bridgehead atoms. The maximum atomic E-state index is 12.2. The molecule has 0 radical (unpaired) electrons. The molecular formula is C10H23N3O3S. The Bertz CT molecular complexity index is 321. The molecule has 0 aromatic heterocycles. The summed E-state index contributed by atoms with van der Waals surface area (Å²) in [7, 11) is -0.201. The zero-order valence-corrected chi connectivity index (χ0v) is 11.4. The molecule has 1 heterocycles. The van der Waals surface area contributed by atoms with Gasteiger partial charge in [0.25, 0.3) is 10.2 Å². The number of hydrogen-bond donors (Lipinski definition) is 1. The van der Waals surface area contributed by atoms with Crippen molar-refractivity contribution in [2.75, 3.05) is 46.9 Å². The minimum absolute atomic E-state index is 0.286. The second-order valence-corrected chi connectivity index (χ2v) is 6.46. The quantitative estimate of drug-likeness (QED) is 0.701. The molecule has 0 aromatic carbocycles. The summed E-state index contributed by atoms with van der Waals surface area (Å²) in [6, 6.07) is 0. The first kappa shape index (κ1) is 14.8. The lowest BCUT2D eigenvalue weighted by Gasteiger charge is -2.33. The molecule has 1 aliphatic heterocycles. The fourth-order valence-corrected chi connectivity index (χ4v) is 3.42. The lowest BCUT2D eigenvalue weighted by molar-refractivity contribution is 0.179. The summed E-state index contributed by atoms with van der Waals surface area (Å²) in [5.74, 6) is 0.286. The van der Waals surface area contributed by atoms with E-state index in [1.165, 1.54) is 8.61 Å². The standard InChI is InChI=1S/C10H23N3O3S/c1-12(6-7-16-2)17(14,15)13-5-3-4-10(8-11)9-13/h10H,3-9,11H2,1-2H3. The number of methoxy groups -OCH3 is 1. The van der Waals surface area contributed by atoms with Crippen LogP contribution in [0.2, 0.25) is 0 Å². The van der Waals surface area contributed by atoms with E-state index in [2.05, 4.69) is 0 Å². The van der Waals surface area contributed by atoms with Crippen molar-refractivity contribution < 1.29 is 13.2 Å². The van der Waals surface area contributed by atoms with E-state index in [-0.39, 0.29) is 5.92 Å². The summed E-state index contributed by atoms with van der Waals surface area (Å²) >= 11 is 0. The molecule has 0 spiro atoms. The molecule has 0 aliphatic carbocycles. The summed E-state index contributed by atoms with van der Waals surface area (Å²) in [5.41, 5.74) is 5.61. The second kappa shape index (κ2) is 6.65. The van der Waals surface area contributed by atoms with E-state index in [4.69, 9.17) is 10.5 Å². The Balaban J connectivity index is 2.62. The highest BCUT2D eigenvalue weighted by Gasteiger charge is 2.31. The van der Waals surface area contributed by atoms with E-state index < -0.39 is 10.2 Å². The summed E-state index contributed by atoms with van der Waals surface area (Å²) in [6.07, 6.45) is 1.91. The second-order valence-electron chi connectivity index (χ2n) is 4.42. The summed E-state index contributed by atoms with van der Waals surface area (Å²) in [5, 5.41) is 0. The van der Waals surface area contributed by atoms with Gasteiger partial charge in [-0.25, -0.2) is 0 Å². The highest BCUT2D eigenvalue weighted by molar-refractivity contribution is 7.86. The molecule has 2 N–H and O–H groups in total. The molecule has 1 fully saturated rings. The Hall–Kier alpha value is -0.210. The van der Waals surface area contributed by atoms with E-state index in [0.717, 1.165) is 12.8 Å². The predicted molar refractivity (Wildman–Crippen MR) is 66.8 cm³/mol.